The van der Waals surface area contributed by atoms with E-state index in [1.54, 1.807) is 7.11 Å². The summed E-state index contributed by atoms with van der Waals surface area (Å²) in [5, 5.41) is 3.36. The Hall–Kier alpha value is -1.28. The van der Waals surface area contributed by atoms with Crippen LogP contribution in [0.1, 0.15) is 36.4 Å². The Morgan fingerprint density at radius 2 is 2.24 bits per heavy atom. The lowest BCUT2D eigenvalue weighted by molar-refractivity contribution is 0.409. The van der Waals surface area contributed by atoms with Gasteiger partial charge >= 0.3 is 0 Å². The molecule has 0 aliphatic carbocycles. The van der Waals surface area contributed by atoms with E-state index in [0.29, 0.717) is 6.04 Å². The van der Waals surface area contributed by atoms with Crippen LogP contribution in [0.3, 0.4) is 0 Å². The first kappa shape index (κ1) is 13.8. The van der Waals surface area contributed by atoms with Gasteiger partial charge in [0, 0.05) is 6.04 Å². The first-order chi connectivity index (χ1) is 8.22. The Balaban J connectivity index is 2.76. The maximum atomic E-state index is 5.36. The summed E-state index contributed by atoms with van der Waals surface area (Å²) < 4.78 is 5.36. The molecule has 1 aromatic rings. The fraction of sp³-hybridized carbons (Fsp3) is 0.467. The van der Waals surface area contributed by atoms with E-state index in [0.717, 1.165) is 25.0 Å². The van der Waals surface area contributed by atoms with Gasteiger partial charge in [-0.25, -0.2) is 0 Å². The Morgan fingerprint density at radius 3 is 2.82 bits per heavy atom. The summed E-state index contributed by atoms with van der Waals surface area (Å²) >= 11 is 0. The van der Waals surface area contributed by atoms with Gasteiger partial charge in [-0.1, -0.05) is 18.2 Å². The third kappa shape index (κ3) is 3.90. The second kappa shape index (κ2) is 7.13. The quantitative estimate of drug-likeness (QED) is 0.573. The van der Waals surface area contributed by atoms with Crippen LogP contribution >= 0.6 is 0 Å². The van der Waals surface area contributed by atoms with E-state index < -0.39 is 0 Å². The molecule has 0 amide bonds. The summed E-state index contributed by atoms with van der Waals surface area (Å²) in [5.41, 5.74) is 2.47. The van der Waals surface area contributed by atoms with Crippen LogP contribution in [-0.4, -0.2) is 14.2 Å². The minimum atomic E-state index is 0.393. The normalized spacial score (nSPS) is 12.2. The van der Waals surface area contributed by atoms with Crippen LogP contribution in [0.4, 0.5) is 0 Å². The fourth-order valence-electron chi connectivity index (χ4n) is 2.00. The van der Waals surface area contributed by atoms with Crippen LogP contribution in [0.15, 0.2) is 30.9 Å². The second-order valence-electron chi connectivity index (χ2n) is 4.29. The van der Waals surface area contributed by atoms with Crippen LogP contribution in [0.5, 0.6) is 5.75 Å². The molecule has 1 N–H and O–H groups in total. The fourth-order valence-corrected chi connectivity index (χ4v) is 2.00. The summed E-state index contributed by atoms with van der Waals surface area (Å²) in [6.07, 6.45) is 5.32. The topological polar surface area (TPSA) is 21.3 Å². The van der Waals surface area contributed by atoms with Crippen molar-refractivity contribution in [3.05, 3.63) is 42.0 Å². The number of hydrogen-bond acceptors (Lipinski definition) is 2. The van der Waals surface area contributed by atoms with Crippen molar-refractivity contribution < 1.29 is 4.74 Å². The predicted octanol–water partition coefficient (Wildman–Crippen LogP) is 3.62. The number of hydrogen-bond donors (Lipinski definition) is 1. The van der Waals surface area contributed by atoms with Crippen molar-refractivity contribution >= 4 is 0 Å². The van der Waals surface area contributed by atoms with Crippen molar-refractivity contribution in [3.63, 3.8) is 0 Å². The average molecular weight is 233 g/mol. The van der Waals surface area contributed by atoms with Crippen molar-refractivity contribution in [2.75, 3.05) is 14.2 Å². The molecule has 1 unspecified atom stereocenters. The zero-order chi connectivity index (χ0) is 12.7. The van der Waals surface area contributed by atoms with Crippen LogP contribution in [0.25, 0.3) is 0 Å². The molecular weight excluding hydrogens is 210 g/mol. The smallest absolute Gasteiger partial charge is 0.122 e. The minimum absolute atomic E-state index is 0.393. The predicted molar refractivity (Wildman–Crippen MR) is 73.6 cm³/mol. The van der Waals surface area contributed by atoms with Gasteiger partial charge in [0.1, 0.15) is 5.75 Å². The molecule has 94 valence electrons. The van der Waals surface area contributed by atoms with Gasteiger partial charge in [-0.05, 0) is 50.4 Å². The van der Waals surface area contributed by atoms with Crippen LogP contribution < -0.4 is 10.1 Å². The molecule has 17 heavy (non-hydrogen) atoms. The average Bonchev–Trinajstić information content (AvgIpc) is 2.36. The second-order valence-corrected chi connectivity index (χ2v) is 4.29. The molecule has 2 nitrogen and oxygen atoms in total. The standard InChI is InChI=1S/C15H23NO/c1-5-6-7-8-14(16-3)13-10-9-12(2)15(11-13)17-4/h5,9-11,14,16H,1,6-8H2,2-4H3. The lowest BCUT2D eigenvalue weighted by Crippen LogP contribution is -2.16. The summed E-state index contributed by atoms with van der Waals surface area (Å²) in [4.78, 5) is 0. The SMILES string of the molecule is C=CCCCC(NC)c1ccc(C)c(OC)c1. The van der Waals surface area contributed by atoms with E-state index in [1.807, 2.05) is 13.1 Å². The Morgan fingerprint density at radius 1 is 1.47 bits per heavy atom. The molecule has 0 aromatic heterocycles. The van der Waals surface area contributed by atoms with Gasteiger partial charge in [-0.3, -0.25) is 0 Å². The number of unbranched alkanes of at least 4 members (excludes halogenated alkanes) is 1. The van der Waals surface area contributed by atoms with Gasteiger partial charge in [-0.2, -0.15) is 0 Å². The highest BCUT2D eigenvalue weighted by Gasteiger charge is 2.10. The maximum Gasteiger partial charge on any atom is 0.122 e. The highest BCUT2D eigenvalue weighted by Crippen LogP contribution is 2.25. The van der Waals surface area contributed by atoms with E-state index in [-0.39, 0.29) is 0 Å². The van der Waals surface area contributed by atoms with E-state index >= 15 is 0 Å². The largest absolute Gasteiger partial charge is 0.496 e. The zero-order valence-electron chi connectivity index (χ0n) is 11.1. The summed E-state index contributed by atoms with van der Waals surface area (Å²) in [6, 6.07) is 6.81. The molecule has 2 heteroatoms. The molecule has 0 aliphatic rings. The number of benzene rings is 1. The van der Waals surface area contributed by atoms with Gasteiger partial charge in [0.2, 0.25) is 0 Å². The minimum Gasteiger partial charge on any atom is -0.496 e. The first-order valence-electron chi connectivity index (χ1n) is 6.15. The van der Waals surface area contributed by atoms with Crippen LogP contribution in [0, 0.1) is 6.92 Å². The van der Waals surface area contributed by atoms with Gasteiger partial charge in [0.15, 0.2) is 0 Å². The van der Waals surface area contributed by atoms with Crippen LogP contribution in [-0.2, 0) is 0 Å². The monoisotopic (exact) mass is 233 g/mol. The molecule has 0 spiro atoms. The highest BCUT2D eigenvalue weighted by molar-refractivity contribution is 5.37. The summed E-state index contributed by atoms with van der Waals surface area (Å²) in [6.45, 7) is 5.82. The number of aryl methyl sites for hydroxylation is 1. The first-order valence-corrected chi connectivity index (χ1v) is 6.15. The Labute approximate surface area is 105 Å². The van der Waals surface area contributed by atoms with Crippen molar-refractivity contribution in [3.8, 4) is 5.75 Å². The van der Waals surface area contributed by atoms with Gasteiger partial charge < -0.3 is 10.1 Å². The molecular formula is C15H23NO. The van der Waals surface area contributed by atoms with E-state index in [9.17, 15) is 0 Å². The zero-order valence-corrected chi connectivity index (χ0v) is 11.1. The van der Waals surface area contributed by atoms with Crippen molar-refractivity contribution in [2.24, 2.45) is 0 Å². The molecule has 0 fully saturated rings. The number of ether oxygens (including phenoxy) is 1. The van der Waals surface area contributed by atoms with Gasteiger partial charge in [0.25, 0.3) is 0 Å². The summed E-state index contributed by atoms with van der Waals surface area (Å²) in [5.74, 6) is 0.964. The third-order valence-corrected chi connectivity index (χ3v) is 3.08. The molecule has 1 aromatic carbocycles. The molecule has 0 bridgehead atoms. The Bertz CT molecular complexity index is 360. The molecule has 1 atom stereocenters. The van der Waals surface area contributed by atoms with Crippen molar-refractivity contribution in [2.45, 2.75) is 32.2 Å². The lowest BCUT2D eigenvalue weighted by atomic mass is 9.99. The van der Waals surface area contributed by atoms with E-state index in [2.05, 4.69) is 37.0 Å². The Kier molecular flexibility index (Phi) is 5.78. The molecule has 0 saturated carbocycles. The molecule has 0 aliphatic heterocycles. The van der Waals surface area contributed by atoms with Crippen LogP contribution in [0.2, 0.25) is 0 Å². The van der Waals surface area contributed by atoms with Crippen molar-refractivity contribution in [1.82, 2.24) is 5.32 Å². The maximum absolute atomic E-state index is 5.36. The molecule has 0 radical (unpaired) electrons. The molecule has 1 rings (SSSR count). The highest BCUT2D eigenvalue weighted by atomic mass is 16.5. The third-order valence-electron chi connectivity index (χ3n) is 3.08. The number of allylic oxidation sites excluding steroid dienone is 1. The van der Waals surface area contributed by atoms with Crippen molar-refractivity contribution in [1.29, 1.82) is 0 Å². The van der Waals surface area contributed by atoms with E-state index in [4.69, 9.17) is 4.74 Å². The number of nitrogens with one attached hydrogen (secondary N) is 1. The molecule has 0 saturated heterocycles. The summed E-state index contributed by atoms with van der Waals surface area (Å²) in [7, 11) is 3.73. The lowest BCUT2D eigenvalue weighted by Gasteiger charge is -2.17. The van der Waals surface area contributed by atoms with E-state index in [1.165, 1.54) is 11.1 Å². The van der Waals surface area contributed by atoms with Gasteiger partial charge in [-0.15, -0.1) is 6.58 Å². The number of methoxy groups -OCH3 is 1. The molecule has 0 heterocycles. The van der Waals surface area contributed by atoms with Gasteiger partial charge in [0.05, 0.1) is 7.11 Å². The number of rotatable bonds is 7.